The smallest absolute Gasteiger partial charge is 0.119 e. The Bertz CT molecular complexity index is 425. The molecule has 3 heteroatoms. The molecule has 0 fully saturated rings. The van der Waals surface area contributed by atoms with Crippen LogP contribution in [0.4, 0.5) is 0 Å². The largest absolute Gasteiger partial charge is 0.497 e. The van der Waals surface area contributed by atoms with E-state index in [2.05, 4.69) is 0 Å². The van der Waals surface area contributed by atoms with Crippen LogP contribution in [0.5, 0.6) is 5.75 Å². The lowest BCUT2D eigenvalue weighted by Gasteiger charge is -2.09. The summed E-state index contributed by atoms with van der Waals surface area (Å²) in [4.78, 5) is 1.16. The van der Waals surface area contributed by atoms with Crippen molar-refractivity contribution >= 4 is 22.9 Å². The lowest BCUT2D eigenvalue weighted by molar-refractivity contribution is 0.414. The van der Waals surface area contributed by atoms with Crippen LogP contribution in [0.1, 0.15) is 15.8 Å². The molecule has 1 heterocycles. The molecule has 0 saturated heterocycles. The first-order chi connectivity index (χ1) is 7.31. The van der Waals surface area contributed by atoms with Crippen LogP contribution >= 0.6 is 22.9 Å². The van der Waals surface area contributed by atoms with Crippen LogP contribution in [0.3, 0.4) is 0 Å². The Kier molecular flexibility index (Phi) is 3.29. The highest BCUT2D eigenvalue weighted by Gasteiger charge is 2.11. The highest BCUT2D eigenvalue weighted by Crippen LogP contribution is 2.33. The van der Waals surface area contributed by atoms with Crippen LogP contribution in [-0.4, -0.2) is 7.11 Å². The second-order valence-corrected chi connectivity index (χ2v) is 4.57. The molecule has 0 radical (unpaired) electrons. The standard InChI is InChI=1S/C12H11ClOS/c1-14-10-5-2-4-9(8-10)12(13)11-6-3-7-15-11/h2-8,12H,1H3. The average molecular weight is 239 g/mol. The summed E-state index contributed by atoms with van der Waals surface area (Å²) >= 11 is 8.02. The van der Waals surface area contributed by atoms with Gasteiger partial charge in [0.15, 0.2) is 0 Å². The molecule has 0 amide bonds. The van der Waals surface area contributed by atoms with Crippen LogP contribution in [0.2, 0.25) is 0 Å². The highest BCUT2D eigenvalue weighted by atomic mass is 35.5. The Morgan fingerprint density at radius 2 is 2.13 bits per heavy atom. The van der Waals surface area contributed by atoms with Crippen molar-refractivity contribution in [1.82, 2.24) is 0 Å². The average Bonchev–Trinajstić information content (AvgIpc) is 2.81. The molecule has 0 N–H and O–H groups in total. The number of hydrogen-bond donors (Lipinski definition) is 0. The lowest BCUT2D eigenvalue weighted by atomic mass is 10.1. The van der Waals surface area contributed by atoms with Crippen LogP contribution < -0.4 is 4.74 Å². The van der Waals surface area contributed by atoms with Gasteiger partial charge in [-0.1, -0.05) is 18.2 Å². The van der Waals surface area contributed by atoms with Crippen molar-refractivity contribution in [2.45, 2.75) is 5.38 Å². The van der Waals surface area contributed by atoms with E-state index in [9.17, 15) is 0 Å². The van der Waals surface area contributed by atoms with Crippen molar-refractivity contribution in [3.63, 3.8) is 0 Å². The lowest BCUT2D eigenvalue weighted by Crippen LogP contribution is -1.91. The predicted octanol–water partition coefficient (Wildman–Crippen LogP) is 4.08. The van der Waals surface area contributed by atoms with Gasteiger partial charge in [0.25, 0.3) is 0 Å². The van der Waals surface area contributed by atoms with Gasteiger partial charge in [-0.05, 0) is 29.1 Å². The first kappa shape index (κ1) is 10.5. The van der Waals surface area contributed by atoms with Gasteiger partial charge < -0.3 is 4.74 Å². The Morgan fingerprint density at radius 3 is 2.80 bits per heavy atom. The summed E-state index contributed by atoms with van der Waals surface area (Å²) in [5, 5.41) is 1.95. The van der Waals surface area contributed by atoms with Crippen molar-refractivity contribution in [3.05, 3.63) is 52.2 Å². The van der Waals surface area contributed by atoms with Crippen molar-refractivity contribution < 1.29 is 4.74 Å². The van der Waals surface area contributed by atoms with Crippen LogP contribution in [0.15, 0.2) is 41.8 Å². The van der Waals surface area contributed by atoms with Crippen molar-refractivity contribution in [1.29, 1.82) is 0 Å². The maximum atomic E-state index is 6.36. The van der Waals surface area contributed by atoms with E-state index in [1.165, 1.54) is 0 Å². The first-order valence-electron chi connectivity index (χ1n) is 4.62. The van der Waals surface area contributed by atoms with Gasteiger partial charge in [0.2, 0.25) is 0 Å². The maximum absolute atomic E-state index is 6.36. The molecule has 0 spiro atoms. The number of alkyl halides is 1. The monoisotopic (exact) mass is 238 g/mol. The Hall–Kier alpha value is -0.990. The third-order valence-corrected chi connectivity index (χ3v) is 3.73. The summed E-state index contributed by atoms with van der Waals surface area (Å²) in [6.07, 6.45) is 0. The first-order valence-corrected chi connectivity index (χ1v) is 5.94. The molecule has 0 aliphatic carbocycles. The number of halogens is 1. The van der Waals surface area contributed by atoms with E-state index in [1.807, 2.05) is 41.8 Å². The summed E-state index contributed by atoms with van der Waals surface area (Å²) in [6.45, 7) is 0. The Balaban J connectivity index is 2.29. The number of methoxy groups -OCH3 is 1. The van der Waals surface area contributed by atoms with Gasteiger partial charge in [0, 0.05) is 4.88 Å². The third-order valence-electron chi connectivity index (χ3n) is 2.18. The second-order valence-electron chi connectivity index (χ2n) is 3.15. The van der Waals surface area contributed by atoms with E-state index >= 15 is 0 Å². The topological polar surface area (TPSA) is 9.23 Å². The summed E-state index contributed by atoms with van der Waals surface area (Å²) in [5.41, 5.74) is 1.07. The zero-order valence-corrected chi connectivity index (χ0v) is 9.89. The van der Waals surface area contributed by atoms with Gasteiger partial charge in [-0.15, -0.1) is 22.9 Å². The molecule has 1 aromatic carbocycles. The van der Waals surface area contributed by atoms with Crippen molar-refractivity contribution in [3.8, 4) is 5.75 Å². The SMILES string of the molecule is COc1cccc(C(Cl)c2cccs2)c1. The minimum Gasteiger partial charge on any atom is -0.497 e. The molecule has 0 aliphatic heterocycles. The fraction of sp³-hybridized carbons (Fsp3) is 0.167. The fourth-order valence-electron chi connectivity index (χ4n) is 1.40. The summed E-state index contributed by atoms with van der Waals surface area (Å²) in [6, 6.07) is 11.9. The van der Waals surface area contributed by atoms with E-state index < -0.39 is 0 Å². The molecule has 1 unspecified atom stereocenters. The summed E-state index contributed by atoms with van der Waals surface area (Å²) < 4.78 is 5.17. The van der Waals surface area contributed by atoms with Crippen LogP contribution in [0, 0.1) is 0 Å². The zero-order valence-electron chi connectivity index (χ0n) is 8.31. The van der Waals surface area contributed by atoms with Gasteiger partial charge in [-0.25, -0.2) is 0 Å². The van der Waals surface area contributed by atoms with Crippen molar-refractivity contribution in [2.24, 2.45) is 0 Å². The molecule has 1 aromatic heterocycles. The van der Waals surface area contributed by atoms with Gasteiger partial charge in [-0.2, -0.15) is 0 Å². The minimum atomic E-state index is -0.0832. The normalized spacial score (nSPS) is 12.4. The highest BCUT2D eigenvalue weighted by molar-refractivity contribution is 7.10. The molecular weight excluding hydrogens is 228 g/mol. The van der Waals surface area contributed by atoms with E-state index in [-0.39, 0.29) is 5.38 Å². The van der Waals surface area contributed by atoms with E-state index in [1.54, 1.807) is 18.4 Å². The quantitative estimate of drug-likeness (QED) is 0.732. The number of hydrogen-bond acceptors (Lipinski definition) is 2. The number of benzene rings is 1. The van der Waals surface area contributed by atoms with Crippen molar-refractivity contribution in [2.75, 3.05) is 7.11 Å². The van der Waals surface area contributed by atoms with E-state index in [0.717, 1.165) is 16.2 Å². The Morgan fingerprint density at radius 1 is 1.27 bits per heavy atom. The molecule has 2 rings (SSSR count). The second kappa shape index (κ2) is 4.69. The van der Waals surface area contributed by atoms with Gasteiger partial charge in [0.1, 0.15) is 5.75 Å². The summed E-state index contributed by atoms with van der Waals surface area (Å²) in [5.74, 6) is 0.842. The molecular formula is C12H11ClOS. The molecule has 2 aromatic rings. The molecule has 78 valence electrons. The molecule has 1 nitrogen and oxygen atoms in total. The predicted molar refractivity (Wildman–Crippen MR) is 65.0 cm³/mol. The Labute approximate surface area is 98.3 Å². The van der Waals surface area contributed by atoms with Gasteiger partial charge in [0.05, 0.1) is 12.5 Å². The van der Waals surface area contributed by atoms with E-state index in [4.69, 9.17) is 16.3 Å². The molecule has 1 atom stereocenters. The van der Waals surface area contributed by atoms with Crippen LogP contribution in [0.25, 0.3) is 0 Å². The molecule has 15 heavy (non-hydrogen) atoms. The maximum Gasteiger partial charge on any atom is 0.119 e. The minimum absolute atomic E-state index is 0.0832. The summed E-state index contributed by atoms with van der Waals surface area (Å²) in [7, 11) is 1.66. The third kappa shape index (κ3) is 2.33. The zero-order chi connectivity index (χ0) is 10.7. The van der Waals surface area contributed by atoms with Gasteiger partial charge in [-0.3, -0.25) is 0 Å². The fourth-order valence-corrected chi connectivity index (χ4v) is 2.49. The molecule has 0 bridgehead atoms. The van der Waals surface area contributed by atoms with Gasteiger partial charge >= 0.3 is 0 Å². The number of ether oxygens (including phenoxy) is 1. The molecule has 0 saturated carbocycles. The number of thiophene rings is 1. The molecule has 0 aliphatic rings. The number of rotatable bonds is 3. The van der Waals surface area contributed by atoms with E-state index in [0.29, 0.717) is 0 Å². The van der Waals surface area contributed by atoms with Crippen LogP contribution in [-0.2, 0) is 0 Å².